The van der Waals surface area contributed by atoms with Crippen LogP contribution < -0.4 is 5.32 Å². The van der Waals surface area contributed by atoms with Crippen LogP contribution in [0.2, 0.25) is 0 Å². The predicted molar refractivity (Wildman–Crippen MR) is 72.3 cm³/mol. The van der Waals surface area contributed by atoms with Crippen LogP contribution in [-0.2, 0) is 6.42 Å². The minimum absolute atomic E-state index is 0.865. The lowest BCUT2D eigenvalue weighted by Gasteiger charge is -2.12. The van der Waals surface area contributed by atoms with Crippen molar-refractivity contribution in [3.05, 3.63) is 28.8 Å². The average molecular weight is 245 g/mol. The Balaban J connectivity index is 2.67. The molecule has 0 aromatic carbocycles. The minimum atomic E-state index is 0.865. The molecule has 0 aliphatic rings. The van der Waals surface area contributed by atoms with Gasteiger partial charge in [-0.1, -0.05) is 6.92 Å². The fourth-order valence-electron chi connectivity index (χ4n) is 2.05. The van der Waals surface area contributed by atoms with Crippen LogP contribution in [0.1, 0.15) is 29.4 Å². The molecule has 18 heavy (non-hydrogen) atoms. The molecule has 0 unspecified atom stereocenters. The molecule has 0 atom stereocenters. The number of rotatable bonds is 3. The molecule has 96 valence electrons. The van der Waals surface area contributed by atoms with Gasteiger partial charge in [-0.25, -0.2) is 14.6 Å². The van der Waals surface area contributed by atoms with Gasteiger partial charge in [-0.3, -0.25) is 0 Å². The maximum absolute atomic E-state index is 4.56. The van der Waals surface area contributed by atoms with Crippen LogP contribution in [0.4, 0.5) is 5.82 Å². The van der Waals surface area contributed by atoms with Crippen molar-refractivity contribution >= 4 is 5.82 Å². The molecule has 0 saturated carbocycles. The highest BCUT2D eigenvalue weighted by Crippen LogP contribution is 2.22. The normalized spacial score (nSPS) is 10.7. The molecule has 0 bridgehead atoms. The molecule has 0 aliphatic carbocycles. The monoisotopic (exact) mass is 245 g/mol. The Morgan fingerprint density at radius 3 is 2.44 bits per heavy atom. The number of anilines is 1. The summed E-state index contributed by atoms with van der Waals surface area (Å²) in [6.07, 6.45) is 2.44. The standard InChI is InChI=1S/C13H19N5/c1-6-11-12(14-5)15-7-16-13(11)18-10(4)8(2)9(3)17-18/h7H,6H2,1-5H3,(H,14,15,16). The van der Waals surface area contributed by atoms with Gasteiger partial charge in [0.1, 0.15) is 12.1 Å². The Morgan fingerprint density at radius 1 is 1.22 bits per heavy atom. The molecule has 0 saturated heterocycles. The van der Waals surface area contributed by atoms with E-state index in [2.05, 4.69) is 41.2 Å². The van der Waals surface area contributed by atoms with Gasteiger partial charge in [-0.05, 0) is 32.8 Å². The number of aromatic nitrogens is 4. The zero-order valence-electron chi connectivity index (χ0n) is 11.6. The molecule has 5 heteroatoms. The van der Waals surface area contributed by atoms with Gasteiger partial charge in [0.25, 0.3) is 0 Å². The summed E-state index contributed by atoms with van der Waals surface area (Å²) in [6.45, 7) is 8.27. The summed E-state index contributed by atoms with van der Waals surface area (Å²) in [5.74, 6) is 1.73. The summed E-state index contributed by atoms with van der Waals surface area (Å²) in [6, 6.07) is 0. The summed E-state index contributed by atoms with van der Waals surface area (Å²) in [4.78, 5) is 8.64. The van der Waals surface area contributed by atoms with Gasteiger partial charge < -0.3 is 5.32 Å². The van der Waals surface area contributed by atoms with Gasteiger partial charge in [0.05, 0.1) is 5.69 Å². The first kappa shape index (κ1) is 12.5. The number of hydrogen-bond donors (Lipinski definition) is 1. The number of nitrogens with one attached hydrogen (secondary N) is 1. The van der Waals surface area contributed by atoms with E-state index in [0.29, 0.717) is 0 Å². The zero-order valence-corrected chi connectivity index (χ0v) is 11.6. The van der Waals surface area contributed by atoms with Crippen LogP contribution in [0.25, 0.3) is 5.82 Å². The molecule has 0 fully saturated rings. The third-order valence-electron chi connectivity index (χ3n) is 3.37. The van der Waals surface area contributed by atoms with E-state index in [0.717, 1.165) is 35.0 Å². The van der Waals surface area contributed by atoms with Crippen molar-refractivity contribution in [1.82, 2.24) is 19.7 Å². The second kappa shape index (κ2) is 4.76. The second-order valence-electron chi connectivity index (χ2n) is 4.34. The van der Waals surface area contributed by atoms with E-state index in [9.17, 15) is 0 Å². The van der Waals surface area contributed by atoms with Crippen molar-refractivity contribution in [2.24, 2.45) is 0 Å². The average Bonchev–Trinajstić information content (AvgIpc) is 2.65. The van der Waals surface area contributed by atoms with E-state index in [1.807, 2.05) is 18.7 Å². The summed E-state index contributed by atoms with van der Waals surface area (Å²) in [5.41, 5.74) is 4.47. The SMILES string of the molecule is CCc1c(NC)ncnc1-n1nc(C)c(C)c1C. The lowest BCUT2D eigenvalue weighted by atomic mass is 10.2. The second-order valence-corrected chi connectivity index (χ2v) is 4.34. The van der Waals surface area contributed by atoms with Crippen molar-refractivity contribution in [2.75, 3.05) is 12.4 Å². The largest absolute Gasteiger partial charge is 0.373 e. The number of nitrogens with zero attached hydrogens (tertiary/aromatic N) is 4. The quantitative estimate of drug-likeness (QED) is 0.900. The van der Waals surface area contributed by atoms with Gasteiger partial charge in [0, 0.05) is 18.3 Å². The van der Waals surface area contributed by atoms with Crippen LogP contribution in [0.5, 0.6) is 0 Å². The molecule has 1 N–H and O–H groups in total. The van der Waals surface area contributed by atoms with Crippen LogP contribution in [0.15, 0.2) is 6.33 Å². The molecule has 0 radical (unpaired) electrons. The summed E-state index contributed by atoms with van der Waals surface area (Å²) in [7, 11) is 1.87. The molecule has 0 aliphatic heterocycles. The Bertz CT molecular complexity index is 571. The van der Waals surface area contributed by atoms with Gasteiger partial charge in [0.15, 0.2) is 5.82 Å². The minimum Gasteiger partial charge on any atom is -0.373 e. The number of hydrogen-bond acceptors (Lipinski definition) is 4. The van der Waals surface area contributed by atoms with Gasteiger partial charge in [-0.2, -0.15) is 5.10 Å². The predicted octanol–water partition coefficient (Wildman–Crippen LogP) is 2.19. The molecular weight excluding hydrogens is 226 g/mol. The van der Waals surface area contributed by atoms with Crippen LogP contribution in [0, 0.1) is 20.8 Å². The molecule has 2 aromatic heterocycles. The first-order valence-electron chi connectivity index (χ1n) is 6.15. The van der Waals surface area contributed by atoms with Crippen LogP contribution in [0.3, 0.4) is 0 Å². The summed E-state index contributed by atoms with van der Waals surface area (Å²) >= 11 is 0. The van der Waals surface area contributed by atoms with E-state index in [1.165, 1.54) is 5.56 Å². The van der Waals surface area contributed by atoms with Crippen molar-refractivity contribution < 1.29 is 0 Å². The smallest absolute Gasteiger partial charge is 0.162 e. The van der Waals surface area contributed by atoms with Crippen LogP contribution in [-0.4, -0.2) is 26.8 Å². The first-order chi connectivity index (χ1) is 8.60. The van der Waals surface area contributed by atoms with Gasteiger partial charge in [-0.15, -0.1) is 0 Å². The molecule has 5 nitrogen and oxygen atoms in total. The highest BCUT2D eigenvalue weighted by Gasteiger charge is 2.15. The Hall–Kier alpha value is -1.91. The number of aryl methyl sites for hydroxylation is 1. The fraction of sp³-hybridized carbons (Fsp3) is 0.462. The van der Waals surface area contributed by atoms with E-state index in [1.54, 1.807) is 6.33 Å². The van der Waals surface area contributed by atoms with Crippen molar-refractivity contribution in [3.8, 4) is 5.82 Å². The topological polar surface area (TPSA) is 55.6 Å². The fourth-order valence-corrected chi connectivity index (χ4v) is 2.05. The molecule has 2 rings (SSSR count). The van der Waals surface area contributed by atoms with E-state index in [4.69, 9.17) is 0 Å². The summed E-state index contributed by atoms with van der Waals surface area (Å²) in [5, 5.41) is 7.67. The van der Waals surface area contributed by atoms with Crippen LogP contribution >= 0.6 is 0 Å². The Morgan fingerprint density at radius 2 is 1.94 bits per heavy atom. The third kappa shape index (κ3) is 1.85. The van der Waals surface area contributed by atoms with Crippen molar-refractivity contribution in [2.45, 2.75) is 34.1 Å². The maximum atomic E-state index is 4.56. The lowest BCUT2D eigenvalue weighted by Crippen LogP contribution is -2.09. The maximum Gasteiger partial charge on any atom is 0.162 e. The molecule has 2 heterocycles. The Labute approximate surface area is 107 Å². The highest BCUT2D eigenvalue weighted by molar-refractivity contribution is 5.52. The lowest BCUT2D eigenvalue weighted by molar-refractivity contribution is 0.784. The van der Waals surface area contributed by atoms with Gasteiger partial charge in [0.2, 0.25) is 0 Å². The van der Waals surface area contributed by atoms with E-state index >= 15 is 0 Å². The Kier molecular flexibility index (Phi) is 3.32. The first-order valence-corrected chi connectivity index (χ1v) is 6.15. The highest BCUT2D eigenvalue weighted by atomic mass is 15.3. The summed E-state index contributed by atoms with van der Waals surface area (Å²) < 4.78 is 1.91. The van der Waals surface area contributed by atoms with E-state index < -0.39 is 0 Å². The van der Waals surface area contributed by atoms with E-state index in [-0.39, 0.29) is 0 Å². The van der Waals surface area contributed by atoms with Crippen molar-refractivity contribution in [3.63, 3.8) is 0 Å². The molecule has 0 spiro atoms. The van der Waals surface area contributed by atoms with Gasteiger partial charge >= 0.3 is 0 Å². The molecule has 0 amide bonds. The molecule has 2 aromatic rings. The van der Waals surface area contributed by atoms with Crippen molar-refractivity contribution in [1.29, 1.82) is 0 Å². The third-order valence-corrected chi connectivity index (χ3v) is 3.37. The zero-order chi connectivity index (χ0) is 13.3. The molecular formula is C13H19N5.